The molecule has 2 aromatic carbocycles. The van der Waals surface area contributed by atoms with Crippen molar-refractivity contribution in [1.82, 2.24) is 0 Å². The van der Waals surface area contributed by atoms with Crippen LogP contribution in [0.5, 0.6) is 5.75 Å². The standard InChI is InChI=1S/C18H18ClN3O3/c1-10-17(23)21-14-9-4-6-11(16(14)25-10)18(24)20-13-8-5-7-12(19)15(13)22(2)3/h4-10H,1-3H3,(H,20,24)(H,21,23). The Labute approximate surface area is 150 Å². The van der Waals surface area contributed by atoms with Crippen molar-refractivity contribution in [2.24, 2.45) is 0 Å². The fourth-order valence-corrected chi connectivity index (χ4v) is 3.01. The average Bonchev–Trinajstić information content (AvgIpc) is 2.55. The first-order valence-corrected chi connectivity index (χ1v) is 8.14. The van der Waals surface area contributed by atoms with E-state index in [4.69, 9.17) is 16.3 Å². The Balaban J connectivity index is 1.95. The van der Waals surface area contributed by atoms with E-state index in [1.54, 1.807) is 43.3 Å². The second-order valence-corrected chi connectivity index (χ2v) is 6.32. The molecule has 1 atom stereocenters. The van der Waals surface area contributed by atoms with Gasteiger partial charge in [-0.05, 0) is 31.2 Å². The van der Waals surface area contributed by atoms with E-state index in [1.807, 2.05) is 19.0 Å². The molecular formula is C18H18ClN3O3. The summed E-state index contributed by atoms with van der Waals surface area (Å²) in [7, 11) is 3.70. The Hall–Kier alpha value is -2.73. The number of nitrogens with zero attached hydrogens (tertiary/aromatic N) is 1. The lowest BCUT2D eigenvalue weighted by Gasteiger charge is -2.25. The Kier molecular flexibility index (Phi) is 4.55. The van der Waals surface area contributed by atoms with Crippen LogP contribution in [0.3, 0.4) is 0 Å². The lowest BCUT2D eigenvalue weighted by atomic mass is 10.1. The van der Waals surface area contributed by atoms with Crippen LogP contribution < -0.4 is 20.3 Å². The summed E-state index contributed by atoms with van der Waals surface area (Å²) in [4.78, 5) is 26.4. The number of amides is 2. The molecule has 0 fully saturated rings. The summed E-state index contributed by atoms with van der Waals surface area (Å²) in [5, 5.41) is 6.14. The fraction of sp³-hybridized carbons (Fsp3) is 0.222. The molecule has 1 heterocycles. The topological polar surface area (TPSA) is 70.7 Å². The van der Waals surface area contributed by atoms with Gasteiger partial charge in [0, 0.05) is 14.1 Å². The quantitative estimate of drug-likeness (QED) is 0.881. The maximum atomic E-state index is 12.8. The molecule has 6 nitrogen and oxygen atoms in total. The van der Waals surface area contributed by atoms with Crippen LogP contribution in [0.15, 0.2) is 36.4 Å². The van der Waals surface area contributed by atoms with Gasteiger partial charge >= 0.3 is 0 Å². The summed E-state index contributed by atoms with van der Waals surface area (Å²) in [5.41, 5.74) is 2.13. The number of benzene rings is 2. The minimum Gasteiger partial charge on any atom is -0.478 e. The average molecular weight is 360 g/mol. The first-order chi connectivity index (χ1) is 11.9. The molecule has 0 radical (unpaired) electrons. The van der Waals surface area contributed by atoms with Crippen molar-refractivity contribution < 1.29 is 14.3 Å². The van der Waals surface area contributed by atoms with E-state index in [2.05, 4.69) is 10.6 Å². The van der Waals surface area contributed by atoms with Gasteiger partial charge in [-0.25, -0.2) is 0 Å². The van der Waals surface area contributed by atoms with Gasteiger partial charge in [0.25, 0.3) is 11.8 Å². The van der Waals surface area contributed by atoms with E-state index in [-0.39, 0.29) is 11.8 Å². The van der Waals surface area contributed by atoms with E-state index in [9.17, 15) is 9.59 Å². The highest BCUT2D eigenvalue weighted by Crippen LogP contribution is 2.36. The number of hydrogen-bond donors (Lipinski definition) is 2. The Morgan fingerprint density at radius 3 is 2.68 bits per heavy atom. The molecule has 25 heavy (non-hydrogen) atoms. The van der Waals surface area contributed by atoms with Crippen LogP contribution in [0.2, 0.25) is 5.02 Å². The zero-order valence-corrected chi connectivity index (χ0v) is 14.8. The van der Waals surface area contributed by atoms with Crippen molar-refractivity contribution in [1.29, 1.82) is 0 Å². The Morgan fingerprint density at radius 1 is 1.24 bits per heavy atom. The second-order valence-electron chi connectivity index (χ2n) is 5.92. The van der Waals surface area contributed by atoms with Crippen molar-refractivity contribution in [3.8, 4) is 5.75 Å². The molecule has 0 bridgehead atoms. The minimum absolute atomic E-state index is 0.241. The number of rotatable bonds is 3. The number of fused-ring (bicyclic) bond motifs is 1. The largest absolute Gasteiger partial charge is 0.478 e. The van der Waals surface area contributed by atoms with Crippen LogP contribution >= 0.6 is 11.6 Å². The third-order valence-corrected chi connectivity index (χ3v) is 4.17. The lowest BCUT2D eigenvalue weighted by molar-refractivity contribution is -0.122. The normalized spacial score (nSPS) is 15.7. The molecule has 0 saturated heterocycles. The smallest absolute Gasteiger partial charge is 0.265 e. The van der Waals surface area contributed by atoms with Crippen LogP contribution in [0, 0.1) is 0 Å². The minimum atomic E-state index is -0.662. The van der Waals surface area contributed by atoms with E-state index < -0.39 is 6.10 Å². The monoisotopic (exact) mass is 359 g/mol. The molecule has 0 aromatic heterocycles. The number of ether oxygens (including phenoxy) is 1. The third kappa shape index (κ3) is 3.25. The molecule has 0 aliphatic carbocycles. The van der Waals surface area contributed by atoms with Gasteiger partial charge in [0.05, 0.1) is 27.6 Å². The molecule has 7 heteroatoms. The first-order valence-electron chi connectivity index (χ1n) is 7.76. The van der Waals surface area contributed by atoms with E-state index in [0.717, 1.165) is 0 Å². The van der Waals surface area contributed by atoms with Gasteiger partial charge in [-0.3, -0.25) is 9.59 Å². The van der Waals surface area contributed by atoms with Gasteiger partial charge in [-0.15, -0.1) is 0 Å². The van der Waals surface area contributed by atoms with Gasteiger partial charge in [-0.2, -0.15) is 0 Å². The zero-order chi connectivity index (χ0) is 18.1. The molecule has 1 aliphatic heterocycles. The number of carbonyl (C=O) groups is 2. The maximum absolute atomic E-state index is 12.8. The number of anilines is 3. The molecular weight excluding hydrogens is 342 g/mol. The number of carbonyl (C=O) groups excluding carboxylic acids is 2. The Bertz CT molecular complexity index is 851. The van der Waals surface area contributed by atoms with Crippen molar-refractivity contribution in [2.45, 2.75) is 13.0 Å². The van der Waals surface area contributed by atoms with Crippen LogP contribution in [0.1, 0.15) is 17.3 Å². The maximum Gasteiger partial charge on any atom is 0.265 e. The molecule has 0 spiro atoms. The number of nitrogens with one attached hydrogen (secondary N) is 2. The summed E-state index contributed by atoms with van der Waals surface area (Å²) < 4.78 is 5.63. The third-order valence-electron chi connectivity index (χ3n) is 3.86. The number of hydrogen-bond acceptors (Lipinski definition) is 4. The van der Waals surface area contributed by atoms with Gasteiger partial charge in [0.1, 0.15) is 0 Å². The molecule has 2 aromatic rings. The summed E-state index contributed by atoms with van der Waals surface area (Å²) in [6.07, 6.45) is -0.662. The van der Waals surface area contributed by atoms with Gasteiger partial charge in [-0.1, -0.05) is 23.7 Å². The second kappa shape index (κ2) is 6.64. The van der Waals surface area contributed by atoms with E-state index >= 15 is 0 Å². The highest BCUT2D eigenvalue weighted by molar-refractivity contribution is 6.34. The van der Waals surface area contributed by atoms with Gasteiger partial charge < -0.3 is 20.3 Å². The summed E-state index contributed by atoms with van der Waals surface area (Å²) >= 11 is 6.24. The van der Waals surface area contributed by atoms with Crippen LogP contribution in [0.25, 0.3) is 0 Å². The SMILES string of the molecule is CC1Oc2c(cccc2C(=O)Nc2cccc(Cl)c2N(C)C)NC1=O. The van der Waals surface area contributed by atoms with Crippen molar-refractivity contribution in [3.63, 3.8) is 0 Å². The van der Waals surface area contributed by atoms with Crippen molar-refractivity contribution in [3.05, 3.63) is 47.0 Å². The highest BCUT2D eigenvalue weighted by Gasteiger charge is 2.28. The number of para-hydroxylation sites is 2. The molecule has 1 unspecified atom stereocenters. The predicted octanol–water partition coefficient (Wildman–Crippen LogP) is 3.38. The van der Waals surface area contributed by atoms with E-state index in [1.165, 1.54) is 0 Å². The molecule has 2 N–H and O–H groups in total. The summed E-state index contributed by atoms with van der Waals surface area (Å²) in [6, 6.07) is 10.3. The van der Waals surface area contributed by atoms with Crippen molar-refractivity contribution >= 4 is 40.5 Å². The molecule has 3 rings (SSSR count). The molecule has 2 amide bonds. The van der Waals surface area contributed by atoms with Gasteiger partial charge in [0.2, 0.25) is 0 Å². The molecule has 1 aliphatic rings. The molecule has 0 saturated carbocycles. The summed E-state index contributed by atoms with van der Waals surface area (Å²) in [5.74, 6) is -0.221. The fourth-order valence-electron chi connectivity index (χ4n) is 2.67. The summed E-state index contributed by atoms with van der Waals surface area (Å²) in [6.45, 7) is 1.63. The molecule has 130 valence electrons. The van der Waals surface area contributed by atoms with E-state index in [0.29, 0.717) is 33.4 Å². The van der Waals surface area contributed by atoms with Crippen LogP contribution in [0.4, 0.5) is 17.1 Å². The Morgan fingerprint density at radius 2 is 1.96 bits per heavy atom. The highest BCUT2D eigenvalue weighted by atomic mass is 35.5. The van der Waals surface area contributed by atoms with Crippen LogP contribution in [-0.4, -0.2) is 32.0 Å². The lowest BCUT2D eigenvalue weighted by Crippen LogP contribution is -2.35. The van der Waals surface area contributed by atoms with Gasteiger partial charge in [0.15, 0.2) is 11.9 Å². The first kappa shape index (κ1) is 17.1. The number of halogens is 1. The predicted molar refractivity (Wildman–Crippen MR) is 98.9 cm³/mol. The van der Waals surface area contributed by atoms with Crippen LogP contribution in [-0.2, 0) is 4.79 Å². The van der Waals surface area contributed by atoms with Crippen molar-refractivity contribution in [2.75, 3.05) is 29.6 Å². The zero-order valence-electron chi connectivity index (χ0n) is 14.1.